The topological polar surface area (TPSA) is 79.8 Å². The van der Waals surface area contributed by atoms with E-state index in [1.165, 1.54) is 11.8 Å². The van der Waals surface area contributed by atoms with Crippen molar-refractivity contribution in [3.05, 3.63) is 51.9 Å². The Morgan fingerprint density at radius 2 is 1.96 bits per heavy atom. The van der Waals surface area contributed by atoms with Gasteiger partial charge in [0.05, 0.1) is 11.3 Å². The third-order valence-corrected chi connectivity index (χ3v) is 5.44. The first-order valence-electron chi connectivity index (χ1n) is 9.41. The van der Waals surface area contributed by atoms with Crippen molar-refractivity contribution >= 4 is 34.4 Å². The van der Waals surface area contributed by atoms with Gasteiger partial charge in [0, 0.05) is 17.4 Å². The highest BCUT2D eigenvalue weighted by atomic mass is 32.2. The summed E-state index contributed by atoms with van der Waals surface area (Å²) in [6.07, 6.45) is 0. The van der Waals surface area contributed by atoms with Crippen LogP contribution in [-0.4, -0.2) is 26.2 Å². The van der Waals surface area contributed by atoms with Crippen molar-refractivity contribution < 1.29 is 4.79 Å². The number of carbonyl (C=O) groups is 1. The second-order valence-corrected chi connectivity index (χ2v) is 8.40. The molecule has 7 heteroatoms. The van der Waals surface area contributed by atoms with Gasteiger partial charge in [0.1, 0.15) is 5.52 Å². The molecular formula is C21H26N4O2S. The maximum absolute atomic E-state index is 12.8. The van der Waals surface area contributed by atoms with Crippen LogP contribution in [0.4, 0.5) is 5.69 Å². The number of nitrogens with one attached hydrogen (secondary N) is 2. The fourth-order valence-electron chi connectivity index (χ4n) is 3.18. The van der Waals surface area contributed by atoms with E-state index in [0.717, 1.165) is 16.9 Å². The minimum atomic E-state index is -0.118. The molecule has 0 radical (unpaired) electrons. The lowest BCUT2D eigenvalue weighted by Gasteiger charge is -2.16. The number of fused-ring (bicyclic) bond motifs is 1. The van der Waals surface area contributed by atoms with Crippen LogP contribution in [0, 0.1) is 6.92 Å². The molecule has 6 nitrogen and oxygen atoms in total. The minimum Gasteiger partial charge on any atom is -0.353 e. The number of carbonyl (C=O) groups excluding carboxylic acids is 1. The summed E-state index contributed by atoms with van der Waals surface area (Å²) in [7, 11) is 0. The SMILES string of the molecule is Cc1cc2nc(SCC(=O)Nc3ccccc3C(C)C)n(C(C)C)c(=O)c2[nH]1. The van der Waals surface area contributed by atoms with E-state index < -0.39 is 0 Å². The number of amides is 1. The first-order valence-corrected chi connectivity index (χ1v) is 10.4. The Kier molecular flexibility index (Phi) is 5.93. The van der Waals surface area contributed by atoms with Crippen molar-refractivity contribution in [1.82, 2.24) is 14.5 Å². The van der Waals surface area contributed by atoms with Crippen LogP contribution in [0.15, 0.2) is 40.3 Å². The number of hydrogen-bond acceptors (Lipinski definition) is 4. The number of rotatable bonds is 6. The van der Waals surface area contributed by atoms with Crippen molar-refractivity contribution in [1.29, 1.82) is 0 Å². The lowest BCUT2D eigenvalue weighted by atomic mass is 10.0. The standard InChI is InChI=1S/C21H26N4O2S/c1-12(2)15-8-6-7-9-16(15)23-18(26)11-28-21-24-17-10-14(5)22-19(17)20(27)25(21)13(3)4/h6-10,12-13,22H,11H2,1-5H3,(H,23,26). The van der Waals surface area contributed by atoms with E-state index in [9.17, 15) is 9.59 Å². The summed E-state index contributed by atoms with van der Waals surface area (Å²) in [5.41, 5.74) is 3.84. The summed E-state index contributed by atoms with van der Waals surface area (Å²) >= 11 is 1.28. The molecule has 3 rings (SSSR count). The number of nitrogens with zero attached hydrogens (tertiary/aromatic N) is 2. The van der Waals surface area contributed by atoms with Gasteiger partial charge in [0.25, 0.3) is 5.56 Å². The summed E-state index contributed by atoms with van der Waals surface area (Å²) in [6, 6.07) is 9.61. The monoisotopic (exact) mass is 398 g/mol. The number of H-pyrrole nitrogens is 1. The Labute approximate surface area is 168 Å². The van der Waals surface area contributed by atoms with Gasteiger partial charge in [0.15, 0.2) is 5.16 Å². The maximum atomic E-state index is 12.8. The van der Waals surface area contributed by atoms with E-state index >= 15 is 0 Å². The smallest absolute Gasteiger partial charge is 0.278 e. The van der Waals surface area contributed by atoms with E-state index in [0.29, 0.717) is 22.1 Å². The van der Waals surface area contributed by atoms with Gasteiger partial charge >= 0.3 is 0 Å². The van der Waals surface area contributed by atoms with Crippen LogP contribution < -0.4 is 10.9 Å². The van der Waals surface area contributed by atoms with Crippen LogP contribution in [0.5, 0.6) is 0 Å². The van der Waals surface area contributed by atoms with Gasteiger partial charge < -0.3 is 10.3 Å². The van der Waals surface area contributed by atoms with Crippen molar-refractivity contribution in [2.75, 3.05) is 11.1 Å². The Bertz CT molecular complexity index is 1070. The molecule has 0 atom stereocenters. The molecule has 148 valence electrons. The van der Waals surface area contributed by atoms with E-state index in [2.05, 4.69) is 29.1 Å². The number of para-hydroxylation sites is 1. The van der Waals surface area contributed by atoms with Crippen LogP contribution in [0.1, 0.15) is 50.9 Å². The van der Waals surface area contributed by atoms with Crippen LogP contribution in [0.2, 0.25) is 0 Å². The van der Waals surface area contributed by atoms with Gasteiger partial charge in [-0.1, -0.05) is 43.8 Å². The highest BCUT2D eigenvalue weighted by molar-refractivity contribution is 7.99. The summed E-state index contributed by atoms with van der Waals surface area (Å²) in [5.74, 6) is 0.379. The molecule has 0 aliphatic carbocycles. The number of aromatic nitrogens is 3. The van der Waals surface area contributed by atoms with E-state index in [1.807, 2.05) is 51.1 Å². The summed E-state index contributed by atoms with van der Waals surface area (Å²) in [6.45, 7) is 9.97. The van der Waals surface area contributed by atoms with Crippen molar-refractivity contribution in [2.24, 2.45) is 0 Å². The fraction of sp³-hybridized carbons (Fsp3) is 0.381. The number of hydrogen-bond donors (Lipinski definition) is 2. The van der Waals surface area contributed by atoms with Crippen molar-refractivity contribution in [2.45, 2.75) is 51.7 Å². The molecule has 0 saturated carbocycles. The molecule has 0 saturated heterocycles. The first kappa shape index (κ1) is 20.2. The summed E-state index contributed by atoms with van der Waals surface area (Å²) in [5, 5.41) is 3.54. The zero-order valence-corrected chi connectivity index (χ0v) is 17.7. The Hall–Kier alpha value is -2.54. The Morgan fingerprint density at radius 3 is 2.64 bits per heavy atom. The van der Waals surface area contributed by atoms with Gasteiger partial charge in [-0.3, -0.25) is 14.2 Å². The Morgan fingerprint density at radius 1 is 1.25 bits per heavy atom. The fourth-order valence-corrected chi connectivity index (χ4v) is 4.11. The quantitative estimate of drug-likeness (QED) is 0.474. The lowest BCUT2D eigenvalue weighted by molar-refractivity contribution is -0.113. The summed E-state index contributed by atoms with van der Waals surface area (Å²) in [4.78, 5) is 33.1. The molecule has 2 N–H and O–H groups in total. The number of aromatic amines is 1. The predicted molar refractivity (Wildman–Crippen MR) is 115 cm³/mol. The number of benzene rings is 1. The number of anilines is 1. The highest BCUT2D eigenvalue weighted by Gasteiger charge is 2.17. The molecule has 2 aromatic heterocycles. The van der Waals surface area contributed by atoms with E-state index in [1.54, 1.807) is 4.57 Å². The molecule has 2 heterocycles. The molecule has 1 amide bonds. The van der Waals surface area contributed by atoms with Crippen LogP contribution in [0.25, 0.3) is 11.0 Å². The first-order chi connectivity index (χ1) is 13.3. The second kappa shape index (κ2) is 8.22. The Balaban J connectivity index is 1.83. The van der Waals surface area contributed by atoms with Gasteiger partial charge in [0.2, 0.25) is 5.91 Å². The molecule has 0 unspecified atom stereocenters. The number of aryl methyl sites for hydroxylation is 1. The average Bonchev–Trinajstić information content (AvgIpc) is 3.00. The van der Waals surface area contributed by atoms with Crippen molar-refractivity contribution in [3.63, 3.8) is 0 Å². The molecule has 1 aromatic carbocycles. The van der Waals surface area contributed by atoms with Gasteiger partial charge in [-0.05, 0) is 44.4 Å². The minimum absolute atomic E-state index is 0.0553. The van der Waals surface area contributed by atoms with Crippen LogP contribution in [0.3, 0.4) is 0 Å². The van der Waals surface area contributed by atoms with Crippen molar-refractivity contribution in [3.8, 4) is 0 Å². The van der Waals surface area contributed by atoms with Gasteiger partial charge in [-0.2, -0.15) is 0 Å². The molecule has 28 heavy (non-hydrogen) atoms. The molecule has 0 spiro atoms. The van der Waals surface area contributed by atoms with Gasteiger partial charge in [-0.15, -0.1) is 0 Å². The normalized spacial score (nSPS) is 11.5. The zero-order valence-electron chi connectivity index (χ0n) is 16.9. The molecule has 3 aromatic rings. The predicted octanol–water partition coefficient (Wildman–Crippen LogP) is 4.47. The molecular weight excluding hydrogens is 372 g/mol. The van der Waals surface area contributed by atoms with E-state index in [-0.39, 0.29) is 23.3 Å². The second-order valence-electron chi connectivity index (χ2n) is 7.45. The van der Waals surface area contributed by atoms with Crippen LogP contribution >= 0.6 is 11.8 Å². The largest absolute Gasteiger partial charge is 0.353 e. The van der Waals surface area contributed by atoms with E-state index in [4.69, 9.17) is 0 Å². The average molecular weight is 399 g/mol. The third-order valence-electron chi connectivity index (χ3n) is 4.49. The maximum Gasteiger partial charge on any atom is 0.278 e. The lowest BCUT2D eigenvalue weighted by Crippen LogP contribution is -2.25. The highest BCUT2D eigenvalue weighted by Crippen LogP contribution is 2.25. The third kappa shape index (κ3) is 4.14. The summed E-state index contributed by atoms with van der Waals surface area (Å²) < 4.78 is 1.64. The molecule has 0 fully saturated rings. The molecule has 0 aliphatic rings. The molecule has 0 aliphatic heterocycles. The van der Waals surface area contributed by atoms with Crippen LogP contribution in [-0.2, 0) is 4.79 Å². The van der Waals surface area contributed by atoms with Gasteiger partial charge in [-0.25, -0.2) is 4.98 Å². The molecule has 0 bridgehead atoms. The number of thioether (sulfide) groups is 1. The zero-order chi connectivity index (χ0) is 20.4.